The minimum absolute atomic E-state index is 0.0354. The Hall–Kier alpha value is -1.59. The first-order chi connectivity index (χ1) is 10.8. The Morgan fingerprint density at radius 1 is 1.41 bits per heavy atom. The lowest BCUT2D eigenvalue weighted by molar-refractivity contribution is -0.134. The zero-order chi connectivity index (χ0) is 15.6. The summed E-state index contributed by atoms with van der Waals surface area (Å²) in [4.78, 5) is 11.9. The quantitative estimate of drug-likeness (QED) is 0.715. The smallest absolute Gasteiger partial charge is 0.250 e. The van der Waals surface area contributed by atoms with E-state index in [1.807, 2.05) is 24.3 Å². The van der Waals surface area contributed by atoms with E-state index >= 15 is 0 Å². The Labute approximate surface area is 132 Å². The number of hydrogen-bond acceptors (Lipinski definition) is 4. The van der Waals surface area contributed by atoms with E-state index in [9.17, 15) is 4.79 Å². The molecule has 0 spiro atoms. The molecule has 1 aromatic rings. The van der Waals surface area contributed by atoms with Gasteiger partial charge >= 0.3 is 0 Å². The van der Waals surface area contributed by atoms with Gasteiger partial charge in [-0.05, 0) is 30.5 Å². The second kappa shape index (κ2) is 9.43. The summed E-state index contributed by atoms with van der Waals surface area (Å²) in [5, 5.41) is 6.07. The Bertz CT molecular complexity index is 442. The van der Waals surface area contributed by atoms with Crippen molar-refractivity contribution in [3.8, 4) is 5.75 Å². The maximum absolute atomic E-state index is 11.9. The van der Waals surface area contributed by atoms with E-state index < -0.39 is 0 Å². The lowest BCUT2D eigenvalue weighted by Gasteiger charge is -2.22. The van der Waals surface area contributed by atoms with Crippen LogP contribution in [0.1, 0.15) is 25.3 Å². The zero-order valence-electron chi connectivity index (χ0n) is 13.3. The van der Waals surface area contributed by atoms with Crippen LogP contribution in [-0.4, -0.2) is 44.9 Å². The summed E-state index contributed by atoms with van der Waals surface area (Å²) in [6.07, 6.45) is 2.66. The number of unbranched alkanes of at least 4 members (excludes halogenated alkanes) is 1. The standard InChI is InChI=1S/C17H26N2O3/c1-2-3-11-21-15-6-4-14(5-7-15)8-9-19-17(20)16-13-18-10-12-22-16/h4-7,16,18H,2-3,8-13H2,1H3,(H,19,20). The van der Waals surface area contributed by atoms with Crippen LogP contribution in [0.4, 0.5) is 0 Å². The molecular formula is C17H26N2O3. The molecule has 0 aromatic heterocycles. The van der Waals surface area contributed by atoms with Gasteiger partial charge in [0.2, 0.25) is 5.91 Å². The highest BCUT2D eigenvalue weighted by Gasteiger charge is 2.20. The third-order valence-corrected chi connectivity index (χ3v) is 3.62. The third-order valence-electron chi connectivity index (χ3n) is 3.62. The van der Waals surface area contributed by atoms with Gasteiger partial charge in [0, 0.05) is 19.6 Å². The normalized spacial score (nSPS) is 18.0. The first-order valence-electron chi connectivity index (χ1n) is 8.11. The summed E-state index contributed by atoms with van der Waals surface area (Å²) >= 11 is 0. The van der Waals surface area contributed by atoms with E-state index in [1.165, 1.54) is 5.56 Å². The van der Waals surface area contributed by atoms with Crippen molar-refractivity contribution in [2.75, 3.05) is 32.8 Å². The summed E-state index contributed by atoms with van der Waals surface area (Å²) in [6.45, 7) is 5.54. The van der Waals surface area contributed by atoms with Gasteiger partial charge in [0.25, 0.3) is 0 Å². The molecule has 1 saturated heterocycles. The number of nitrogens with one attached hydrogen (secondary N) is 2. The summed E-state index contributed by atoms with van der Waals surface area (Å²) in [7, 11) is 0. The number of morpholine rings is 1. The molecule has 1 amide bonds. The van der Waals surface area contributed by atoms with Gasteiger partial charge in [-0.3, -0.25) is 4.79 Å². The van der Waals surface area contributed by atoms with Crippen LogP contribution in [-0.2, 0) is 16.0 Å². The van der Waals surface area contributed by atoms with Crippen molar-refractivity contribution >= 4 is 5.91 Å². The Morgan fingerprint density at radius 3 is 2.91 bits per heavy atom. The highest BCUT2D eigenvalue weighted by molar-refractivity contribution is 5.81. The molecule has 1 heterocycles. The number of hydrogen-bond donors (Lipinski definition) is 2. The van der Waals surface area contributed by atoms with Gasteiger partial charge in [0.15, 0.2) is 0 Å². The fraction of sp³-hybridized carbons (Fsp3) is 0.588. The van der Waals surface area contributed by atoms with E-state index in [2.05, 4.69) is 17.6 Å². The van der Waals surface area contributed by atoms with Crippen molar-refractivity contribution < 1.29 is 14.3 Å². The van der Waals surface area contributed by atoms with Gasteiger partial charge in [-0.2, -0.15) is 0 Å². The number of benzene rings is 1. The molecule has 0 radical (unpaired) electrons. The van der Waals surface area contributed by atoms with Crippen LogP contribution in [0.3, 0.4) is 0 Å². The molecule has 1 atom stereocenters. The largest absolute Gasteiger partial charge is 0.494 e. The molecule has 0 saturated carbocycles. The number of amides is 1. The second-order valence-electron chi connectivity index (χ2n) is 5.45. The molecule has 5 nitrogen and oxygen atoms in total. The third kappa shape index (κ3) is 5.66. The van der Waals surface area contributed by atoms with Gasteiger partial charge in [-0.15, -0.1) is 0 Å². The molecule has 22 heavy (non-hydrogen) atoms. The fourth-order valence-corrected chi connectivity index (χ4v) is 2.26. The van der Waals surface area contributed by atoms with Crippen molar-refractivity contribution in [3.63, 3.8) is 0 Å². The van der Waals surface area contributed by atoms with Crippen molar-refractivity contribution in [2.45, 2.75) is 32.3 Å². The zero-order valence-corrected chi connectivity index (χ0v) is 13.3. The van der Waals surface area contributed by atoms with Crippen LogP contribution in [0.15, 0.2) is 24.3 Å². The molecule has 0 aliphatic carbocycles. The monoisotopic (exact) mass is 306 g/mol. The highest BCUT2D eigenvalue weighted by Crippen LogP contribution is 2.13. The molecular weight excluding hydrogens is 280 g/mol. The molecule has 1 aliphatic rings. The van der Waals surface area contributed by atoms with E-state index in [0.29, 0.717) is 19.7 Å². The number of rotatable bonds is 8. The van der Waals surface area contributed by atoms with Crippen LogP contribution in [0.5, 0.6) is 5.75 Å². The lowest BCUT2D eigenvalue weighted by atomic mass is 10.1. The van der Waals surface area contributed by atoms with Crippen LogP contribution in [0, 0.1) is 0 Å². The molecule has 2 rings (SSSR count). The number of carbonyl (C=O) groups excluding carboxylic acids is 1. The minimum Gasteiger partial charge on any atom is -0.494 e. The van der Waals surface area contributed by atoms with Crippen LogP contribution >= 0.6 is 0 Å². The second-order valence-corrected chi connectivity index (χ2v) is 5.45. The first kappa shape index (κ1) is 16.8. The maximum atomic E-state index is 11.9. The number of carbonyl (C=O) groups is 1. The van der Waals surface area contributed by atoms with Gasteiger partial charge in [0.05, 0.1) is 13.2 Å². The molecule has 1 fully saturated rings. The van der Waals surface area contributed by atoms with E-state index in [4.69, 9.17) is 9.47 Å². The fourth-order valence-electron chi connectivity index (χ4n) is 2.26. The molecule has 5 heteroatoms. The molecule has 1 aliphatic heterocycles. The van der Waals surface area contributed by atoms with Gasteiger partial charge < -0.3 is 20.1 Å². The number of ether oxygens (including phenoxy) is 2. The summed E-state index contributed by atoms with van der Waals surface area (Å²) < 4.78 is 11.0. The minimum atomic E-state index is -0.358. The lowest BCUT2D eigenvalue weighted by Crippen LogP contribution is -2.48. The van der Waals surface area contributed by atoms with Crippen molar-refractivity contribution in [1.82, 2.24) is 10.6 Å². The Kier molecular flexibility index (Phi) is 7.19. The van der Waals surface area contributed by atoms with Gasteiger partial charge in [0.1, 0.15) is 11.9 Å². The van der Waals surface area contributed by atoms with Gasteiger partial charge in [-0.25, -0.2) is 0 Å². The SMILES string of the molecule is CCCCOc1ccc(CCNC(=O)C2CNCCO2)cc1. The van der Waals surface area contributed by atoms with Crippen molar-refractivity contribution in [3.05, 3.63) is 29.8 Å². The highest BCUT2D eigenvalue weighted by atomic mass is 16.5. The van der Waals surface area contributed by atoms with Gasteiger partial charge in [-0.1, -0.05) is 25.5 Å². The van der Waals surface area contributed by atoms with E-state index in [-0.39, 0.29) is 12.0 Å². The van der Waals surface area contributed by atoms with Crippen molar-refractivity contribution in [1.29, 1.82) is 0 Å². The van der Waals surface area contributed by atoms with Crippen LogP contribution < -0.4 is 15.4 Å². The average Bonchev–Trinajstić information content (AvgIpc) is 2.57. The maximum Gasteiger partial charge on any atom is 0.250 e. The molecule has 1 unspecified atom stereocenters. The van der Waals surface area contributed by atoms with Crippen molar-refractivity contribution in [2.24, 2.45) is 0 Å². The van der Waals surface area contributed by atoms with E-state index in [0.717, 1.165) is 38.2 Å². The van der Waals surface area contributed by atoms with Crippen LogP contribution in [0.25, 0.3) is 0 Å². The molecule has 0 bridgehead atoms. The molecule has 2 N–H and O–H groups in total. The summed E-state index contributed by atoms with van der Waals surface area (Å²) in [5.41, 5.74) is 1.19. The predicted octanol–water partition coefficient (Wildman–Crippen LogP) is 1.51. The summed E-state index contributed by atoms with van der Waals surface area (Å²) in [5.74, 6) is 0.870. The average molecular weight is 306 g/mol. The Balaban J connectivity index is 1.66. The van der Waals surface area contributed by atoms with E-state index in [1.54, 1.807) is 0 Å². The molecule has 1 aromatic carbocycles. The topological polar surface area (TPSA) is 59.6 Å². The first-order valence-corrected chi connectivity index (χ1v) is 8.11. The Morgan fingerprint density at radius 2 is 2.23 bits per heavy atom. The van der Waals surface area contributed by atoms with Crippen LogP contribution in [0.2, 0.25) is 0 Å². The summed E-state index contributed by atoms with van der Waals surface area (Å²) in [6, 6.07) is 8.07. The molecule has 122 valence electrons. The predicted molar refractivity (Wildman–Crippen MR) is 86.2 cm³/mol.